The minimum Gasteiger partial charge on any atom is -0.453 e. The molecule has 0 radical (unpaired) electrons. The Morgan fingerprint density at radius 3 is 2.69 bits per heavy atom. The van der Waals surface area contributed by atoms with Gasteiger partial charge in [-0.15, -0.1) is 0 Å². The molecule has 1 aliphatic rings. The Bertz CT molecular complexity index is 714. The molecule has 1 heterocycles. The third-order valence-corrected chi connectivity index (χ3v) is 4.76. The van der Waals surface area contributed by atoms with Gasteiger partial charge in [0.2, 0.25) is 0 Å². The fourth-order valence-corrected chi connectivity index (χ4v) is 3.29. The Labute approximate surface area is 153 Å². The molecule has 0 unspecified atom stereocenters. The van der Waals surface area contributed by atoms with Gasteiger partial charge in [0.25, 0.3) is 5.91 Å². The number of ether oxygens (including phenoxy) is 1. The summed E-state index contributed by atoms with van der Waals surface area (Å²) in [6.45, 7) is 1.61. The molecule has 6 nitrogen and oxygen atoms in total. The third kappa shape index (κ3) is 5.07. The van der Waals surface area contributed by atoms with Gasteiger partial charge in [0.1, 0.15) is 5.52 Å². The van der Waals surface area contributed by atoms with E-state index in [9.17, 15) is 9.59 Å². The van der Waals surface area contributed by atoms with Crippen LogP contribution in [-0.2, 0) is 20.7 Å². The van der Waals surface area contributed by atoms with Crippen LogP contribution in [0.5, 0.6) is 0 Å². The molecule has 1 aromatic carbocycles. The van der Waals surface area contributed by atoms with E-state index < -0.39 is 12.1 Å². The summed E-state index contributed by atoms with van der Waals surface area (Å²) in [5, 5.41) is 3.01. The van der Waals surface area contributed by atoms with Crippen LogP contribution in [0.1, 0.15) is 57.8 Å². The minimum atomic E-state index is -0.783. The van der Waals surface area contributed by atoms with E-state index in [4.69, 9.17) is 9.15 Å². The first-order valence-corrected chi connectivity index (χ1v) is 9.46. The summed E-state index contributed by atoms with van der Waals surface area (Å²) in [6.07, 6.45) is 6.45. The number of aryl methyl sites for hydroxylation is 1. The maximum absolute atomic E-state index is 12.2. The van der Waals surface area contributed by atoms with Crippen LogP contribution in [0.15, 0.2) is 28.7 Å². The molecule has 26 heavy (non-hydrogen) atoms. The molecule has 0 saturated heterocycles. The highest BCUT2D eigenvalue weighted by molar-refractivity contribution is 5.83. The molecule has 0 spiro atoms. The van der Waals surface area contributed by atoms with Crippen molar-refractivity contribution in [3.63, 3.8) is 0 Å². The third-order valence-electron chi connectivity index (χ3n) is 4.76. The number of hydrogen-bond acceptors (Lipinski definition) is 5. The molecule has 3 rings (SSSR count). The largest absolute Gasteiger partial charge is 0.453 e. The van der Waals surface area contributed by atoms with Gasteiger partial charge in [-0.2, -0.15) is 0 Å². The molecule has 0 aliphatic heterocycles. The number of nitrogens with zero attached hydrogens (tertiary/aromatic N) is 1. The van der Waals surface area contributed by atoms with Crippen LogP contribution in [0.25, 0.3) is 11.1 Å². The van der Waals surface area contributed by atoms with Gasteiger partial charge in [-0.3, -0.25) is 9.59 Å². The first kappa shape index (κ1) is 18.4. The number of benzene rings is 1. The van der Waals surface area contributed by atoms with Gasteiger partial charge in [0.05, 0.1) is 6.42 Å². The van der Waals surface area contributed by atoms with E-state index >= 15 is 0 Å². The van der Waals surface area contributed by atoms with E-state index in [1.54, 1.807) is 6.92 Å². The second-order valence-corrected chi connectivity index (χ2v) is 6.90. The van der Waals surface area contributed by atoms with Crippen molar-refractivity contribution in [1.82, 2.24) is 10.3 Å². The highest BCUT2D eigenvalue weighted by atomic mass is 16.5. The van der Waals surface area contributed by atoms with E-state index in [1.165, 1.54) is 12.8 Å². The lowest BCUT2D eigenvalue weighted by atomic mass is 10.1. The summed E-state index contributed by atoms with van der Waals surface area (Å²) in [5.74, 6) is -0.137. The standard InChI is InChI=1S/C20H26N2O4/c1-14(20(24)21-15-8-4-2-3-5-9-15)25-19(23)13-12-18-22-16-10-6-7-11-17(16)26-18/h6-7,10-11,14-15H,2-5,8-9,12-13H2,1H3,(H,21,24)/t14-/m1/s1. The van der Waals surface area contributed by atoms with Gasteiger partial charge in [0, 0.05) is 12.5 Å². The number of nitrogens with one attached hydrogen (secondary N) is 1. The van der Waals surface area contributed by atoms with Gasteiger partial charge in [0.15, 0.2) is 17.6 Å². The zero-order chi connectivity index (χ0) is 18.4. The quantitative estimate of drug-likeness (QED) is 0.631. The molecule has 2 aromatic rings. The smallest absolute Gasteiger partial charge is 0.307 e. The summed E-state index contributed by atoms with van der Waals surface area (Å²) in [6, 6.07) is 7.66. The van der Waals surface area contributed by atoms with Crippen LogP contribution in [0.4, 0.5) is 0 Å². The lowest BCUT2D eigenvalue weighted by Gasteiger charge is -2.19. The molecule has 140 valence electrons. The van der Waals surface area contributed by atoms with Crippen LogP contribution >= 0.6 is 0 Å². The maximum atomic E-state index is 12.2. The Morgan fingerprint density at radius 2 is 1.96 bits per heavy atom. The van der Waals surface area contributed by atoms with Crippen LogP contribution in [-0.4, -0.2) is 29.0 Å². The highest BCUT2D eigenvalue weighted by Gasteiger charge is 2.22. The van der Waals surface area contributed by atoms with Crippen molar-refractivity contribution in [2.45, 2.75) is 70.4 Å². The highest BCUT2D eigenvalue weighted by Crippen LogP contribution is 2.18. The first-order valence-electron chi connectivity index (χ1n) is 9.46. The Kier molecular flexibility index (Phi) is 6.26. The van der Waals surface area contributed by atoms with Gasteiger partial charge in [-0.25, -0.2) is 4.98 Å². The number of para-hydroxylation sites is 2. The predicted molar refractivity (Wildman–Crippen MR) is 97.5 cm³/mol. The summed E-state index contributed by atoms with van der Waals surface area (Å²) in [7, 11) is 0. The molecule has 1 amide bonds. The number of fused-ring (bicyclic) bond motifs is 1. The van der Waals surface area contributed by atoms with Crippen LogP contribution in [0.3, 0.4) is 0 Å². The predicted octanol–water partition coefficient (Wildman–Crippen LogP) is 3.53. The molecule has 1 N–H and O–H groups in total. The number of oxazole rings is 1. The molecular formula is C20H26N2O4. The molecule has 1 aromatic heterocycles. The van der Waals surface area contributed by atoms with Crippen molar-refractivity contribution >= 4 is 23.0 Å². The zero-order valence-electron chi connectivity index (χ0n) is 15.2. The minimum absolute atomic E-state index is 0.133. The van der Waals surface area contributed by atoms with Crippen molar-refractivity contribution < 1.29 is 18.7 Å². The first-order chi connectivity index (χ1) is 12.6. The molecule has 1 atom stereocenters. The van der Waals surface area contributed by atoms with Crippen molar-refractivity contribution in [2.75, 3.05) is 0 Å². The van der Waals surface area contributed by atoms with E-state index in [-0.39, 0.29) is 18.4 Å². The van der Waals surface area contributed by atoms with Gasteiger partial charge >= 0.3 is 5.97 Å². The molecule has 1 saturated carbocycles. The van der Waals surface area contributed by atoms with E-state index in [2.05, 4.69) is 10.3 Å². The SMILES string of the molecule is C[C@@H](OC(=O)CCc1nc2ccccc2o1)C(=O)NC1CCCCCC1. The van der Waals surface area contributed by atoms with Gasteiger partial charge in [-0.1, -0.05) is 37.8 Å². The Morgan fingerprint density at radius 1 is 1.23 bits per heavy atom. The van der Waals surface area contributed by atoms with Crippen LogP contribution in [0.2, 0.25) is 0 Å². The number of hydrogen-bond donors (Lipinski definition) is 1. The number of aromatic nitrogens is 1. The molecule has 0 bridgehead atoms. The second-order valence-electron chi connectivity index (χ2n) is 6.90. The second kappa shape index (κ2) is 8.83. The van der Waals surface area contributed by atoms with Crippen molar-refractivity contribution in [3.8, 4) is 0 Å². The van der Waals surface area contributed by atoms with Crippen molar-refractivity contribution in [2.24, 2.45) is 0 Å². The summed E-state index contributed by atoms with van der Waals surface area (Å²) < 4.78 is 10.8. The normalized spacial score (nSPS) is 16.8. The van der Waals surface area contributed by atoms with Crippen molar-refractivity contribution in [3.05, 3.63) is 30.2 Å². The van der Waals surface area contributed by atoms with Crippen LogP contribution in [0, 0.1) is 0 Å². The number of carbonyl (C=O) groups excluding carboxylic acids is 2. The van der Waals surface area contributed by atoms with E-state index in [1.807, 2.05) is 24.3 Å². The fraction of sp³-hybridized carbons (Fsp3) is 0.550. The summed E-state index contributed by atoms with van der Waals surface area (Å²) >= 11 is 0. The lowest BCUT2D eigenvalue weighted by Crippen LogP contribution is -2.41. The van der Waals surface area contributed by atoms with E-state index in [0.717, 1.165) is 31.2 Å². The lowest BCUT2D eigenvalue weighted by molar-refractivity contribution is -0.155. The molecule has 1 fully saturated rings. The topological polar surface area (TPSA) is 81.4 Å². The van der Waals surface area contributed by atoms with Crippen LogP contribution < -0.4 is 5.32 Å². The van der Waals surface area contributed by atoms with Gasteiger partial charge < -0.3 is 14.5 Å². The zero-order valence-corrected chi connectivity index (χ0v) is 15.2. The Balaban J connectivity index is 1.43. The maximum Gasteiger partial charge on any atom is 0.307 e. The number of esters is 1. The average molecular weight is 358 g/mol. The monoisotopic (exact) mass is 358 g/mol. The number of carbonyl (C=O) groups is 2. The van der Waals surface area contributed by atoms with Crippen molar-refractivity contribution in [1.29, 1.82) is 0 Å². The summed E-state index contributed by atoms with van der Waals surface area (Å²) in [4.78, 5) is 28.6. The fourth-order valence-electron chi connectivity index (χ4n) is 3.29. The van der Waals surface area contributed by atoms with E-state index in [0.29, 0.717) is 17.9 Å². The van der Waals surface area contributed by atoms with Gasteiger partial charge in [-0.05, 0) is 31.9 Å². The molecule has 6 heteroatoms. The molecule has 1 aliphatic carbocycles. The Hall–Kier alpha value is -2.37. The average Bonchev–Trinajstić information content (AvgIpc) is 2.88. The molecular weight excluding hydrogens is 332 g/mol. The number of rotatable bonds is 6. The summed E-state index contributed by atoms with van der Waals surface area (Å²) in [5.41, 5.74) is 1.47. The number of amides is 1.